The highest BCUT2D eigenvalue weighted by molar-refractivity contribution is 7.76. The highest BCUT2D eigenvalue weighted by atomic mass is 32.2. The molecular weight excluding hydrogens is 258 g/mol. The molecule has 0 aliphatic heterocycles. The van der Waals surface area contributed by atoms with Gasteiger partial charge in [0.1, 0.15) is 5.60 Å². The zero-order chi connectivity index (χ0) is 14.2. The van der Waals surface area contributed by atoms with E-state index in [1.54, 1.807) is 27.8 Å². The van der Waals surface area contributed by atoms with Crippen molar-refractivity contribution in [2.75, 3.05) is 20.1 Å². The zero-order valence-electron chi connectivity index (χ0n) is 11.3. The van der Waals surface area contributed by atoms with Crippen molar-refractivity contribution in [3.8, 4) is 0 Å². The third-order valence-corrected chi connectivity index (χ3v) is 2.28. The smallest absolute Gasteiger partial charge is 0.407 e. The number of nitrogens with zero attached hydrogens (tertiary/aromatic N) is 1. The van der Waals surface area contributed by atoms with E-state index in [-0.39, 0.29) is 0 Å². The first-order valence-electron chi connectivity index (χ1n) is 5.74. The van der Waals surface area contributed by atoms with Crippen LogP contribution in [-0.2, 0) is 16.0 Å². The molecule has 0 aromatic rings. The van der Waals surface area contributed by atoms with Gasteiger partial charge in [-0.15, -0.1) is 0 Å². The Morgan fingerprint density at radius 2 is 2.00 bits per heavy atom. The van der Waals surface area contributed by atoms with Crippen molar-refractivity contribution >= 4 is 17.4 Å². The zero-order valence-corrected chi connectivity index (χ0v) is 12.1. The van der Waals surface area contributed by atoms with Crippen molar-refractivity contribution in [3.05, 3.63) is 0 Å². The summed E-state index contributed by atoms with van der Waals surface area (Å²) in [6.07, 6.45) is 1.07. The van der Waals surface area contributed by atoms with Crippen LogP contribution in [-0.4, -0.2) is 45.6 Å². The molecule has 0 radical (unpaired) electrons. The van der Waals surface area contributed by atoms with Gasteiger partial charge in [0.25, 0.3) is 0 Å². The highest BCUT2D eigenvalue weighted by Gasteiger charge is 2.15. The van der Waals surface area contributed by atoms with E-state index in [0.717, 1.165) is 12.8 Å². The van der Waals surface area contributed by atoms with Crippen LogP contribution in [0.2, 0.25) is 0 Å². The third kappa shape index (κ3) is 11.8. The minimum absolute atomic E-state index is 0.436. The summed E-state index contributed by atoms with van der Waals surface area (Å²) in [7, 11) is 1.64. The molecule has 0 heterocycles. The number of unbranched alkanes of at least 4 members (excludes halogenated alkanes) is 1. The Hall–Kier alpha value is -0.700. The number of ether oxygens (including phenoxy) is 1. The molecule has 0 aliphatic rings. The lowest BCUT2D eigenvalue weighted by Gasteiger charge is -2.20. The van der Waals surface area contributed by atoms with Crippen LogP contribution in [0.3, 0.4) is 0 Å². The monoisotopic (exact) mass is 280 g/mol. The van der Waals surface area contributed by atoms with Gasteiger partial charge in [-0.1, -0.05) is 0 Å². The molecule has 0 aliphatic carbocycles. The van der Waals surface area contributed by atoms with Crippen molar-refractivity contribution in [3.63, 3.8) is 0 Å². The summed E-state index contributed by atoms with van der Waals surface area (Å²) in [6, 6.07) is 0. The van der Waals surface area contributed by atoms with E-state index in [1.165, 1.54) is 5.01 Å². The molecule has 0 bridgehead atoms. The summed E-state index contributed by atoms with van der Waals surface area (Å²) >= 11 is -2.29. The number of amides is 1. The summed E-state index contributed by atoms with van der Waals surface area (Å²) < 4.78 is 25.7. The first-order valence-corrected chi connectivity index (χ1v) is 6.82. The van der Waals surface area contributed by atoms with Crippen LogP contribution in [0.1, 0.15) is 33.6 Å². The summed E-state index contributed by atoms with van der Waals surface area (Å²) in [4.78, 5) is 13.5. The van der Waals surface area contributed by atoms with E-state index < -0.39 is 23.0 Å². The fourth-order valence-corrected chi connectivity index (χ4v) is 1.50. The largest absolute Gasteiger partial charge is 0.759 e. The van der Waals surface area contributed by atoms with Gasteiger partial charge in [-0.05, 0) is 33.6 Å². The Labute approximate surface area is 111 Å². The maximum atomic E-state index is 11.3. The van der Waals surface area contributed by atoms with Crippen molar-refractivity contribution in [2.24, 2.45) is 0 Å². The van der Waals surface area contributed by atoms with Gasteiger partial charge in [0.15, 0.2) is 0 Å². The lowest BCUT2D eigenvalue weighted by atomic mass is 10.2. The lowest BCUT2D eigenvalue weighted by Crippen LogP contribution is -2.37. The van der Waals surface area contributed by atoms with Crippen LogP contribution in [0, 0.1) is 0 Å². The number of carbonyl (C=O) groups excluding carboxylic acids is 1. The Balaban J connectivity index is 3.51. The van der Waals surface area contributed by atoms with Gasteiger partial charge in [0, 0.05) is 31.4 Å². The van der Waals surface area contributed by atoms with E-state index >= 15 is 0 Å². The van der Waals surface area contributed by atoms with Gasteiger partial charge < -0.3 is 14.6 Å². The quantitative estimate of drug-likeness (QED) is 0.403. The van der Waals surface area contributed by atoms with Crippen molar-refractivity contribution in [1.82, 2.24) is 15.2 Å². The molecule has 0 spiro atoms. The van der Waals surface area contributed by atoms with Crippen LogP contribution < -0.4 is 10.1 Å². The van der Waals surface area contributed by atoms with Crippen LogP contribution >= 0.6 is 0 Å². The van der Waals surface area contributed by atoms with Crippen LogP contribution in [0.25, 0.3) is 0 Å². The molecule has 0 saturated carbocycles. The van der Waals surface area contributed by atoms with Crippen LogP contribution in [0.15, 0.2) is 0 Å². The summed E-state index contributed by atoms with van der Waals surface area (Å²) in [5.41, 5.74) is -0.494. The number of rotatable bonds is 7. The summed E-state index contributed by atoms with van der Waals surface area (Å²) in [5, 5.41) is 4.10. The average Bonchev–Trinajstić information content (AvgIpc) is 2.12. The molecule has 2 N–H and O–H groups in total. The van der Waals surface area contributed by atoms with Crippen molar-refractivity contribution < 1.29 is 18.3 Å². The number of alkyl carbamates (subject to hydrolysis) is 1. The fourth-order valence-electron chi connectivity index (χ4n) is 1.15. The Morgan fingerprint density at radius 1 is 1.39 bits per heavy atom. The van der Waals surface area contributed by atoms with Gasteiger partial charge >= 0.3 is 6.09 Å². The van der Waals surface area contributed by atoms with Gasteiger partial charge in [0.05, 0.1) is 0 Å². The maximum Gasteiger partial charge on any atom is 0.407 e. The Morgan fingerprint density at radius 3 is 2.50 bits per heavy atom. The van der Waals surface area contributed by atoms with Gasteiger partial charge in [-0.3, -0.25) is 4.21 Å². The Bertz CT molecular complexity index is 281. The molecule has 1 amide bonds. The summed E-state index contributed by atoms with van der Waals surface area (Å²) in [6.45, 7) is 6.48. The second kappa shape index (κ2) is 8.41. The minimum atomic E-state index is -2.29. The SMILES string of the molecule is CN(CCCCNC(=O)OC(C)(C)C)NS(=O)[O-]. The molecule has 1 unspecified atom stereocenters. The van der Waals surface area contributed by atoms with E-state index in [1.807, 2.05) is 0 Å². The second-order valence-electron chi connectivity index (χ2n) is 4.88. The van der Waals surface area contributed by atoms with Crippen molar-refractivity contribution in [2.45, 2.75) is 39.2 Å². The normalized spacial score (nSPS) is 13.4. The predicted molar refractivity (Wildman–Crippen MR) is 68.2 cm³/mol. The first kappa shape index (κ1) is 17.3. The van der Waals surface area contributed by atoms with E-state index in [9.17, 15) is 13.6 Å². The molecule has 0 saturated heterocycles. The molecule has 0 aromatic carbocycles. The van der Waals surface area contributed by atoms with E-state index in [2.05, 4.69) is 10.1 Å². The van der Waals surface area contributed by atoms with E-state index in [4.69, 9.17) is 4.74 Å². The van der Waals surface area contributed by atoms with Gasteiger partial charge in [-0.2, -0.15) is 4.83 Å². The Kier molecular flexibility index (Phi) is 8.08. The summed E-state index contributed by atoms with van der Waals surface area (Å²) in [5.74, 6) is 0. The van der Waals surface area contributed by atoms with Crippen LogP contribution in [0.4, 0.5) is 4.79 Å². The fraction of sp³-hybridized carbons (Fsp3) is 0.900. The number of hydrazine groups is 1. The van der Waals surface area contributed by atoms with Crippen LogP contribution in [0.5, 0.6) is 0 Å². The molecule has 0 fully saturated rings. The second-order valence-corrected chi connectivity index (χ2v) is 5.54. The topological polar surface area (TPSA) is 93.7 Å². The predicted octanol–water partition coefficient (Wildman–Crippen LogP) is 0.522. The molecule has 108 valence electrons. The number of hydrogen-bond acceptors (Lipinski definition) is 5. The van der Waals surface area contributed by atoms with Gasteiger partial charge in [0.2, 0.25) is 0 Å². The average molecular weight is 280 g/mol. The first-order chi connectivity index (χ1) is 8.20. The third-order valence-electron chi connectivity index (χ3n) is 1.82. The molecule has 18 heavy (non-hydrogen) atoms. The number of nitrogens with one attached hydrogen (secondary N) is 2. The van der Waals surface area contributed by atoms with Gasteiger partial charge in [-0.25, -0.2) is 9.80 Å². The number of carbonyl (C=O) groups is 1. The standard InChI is InChI=1S/C10H23N3O4S/c1-10(2,3)17-9(14)11-7-5-6-8-13(4)12-18(15)16/h12H,5-8H2,1-4H3,(H,11,14)(H,15,16)/p-1. The molecular formula is C10H22N3O4S-. The maximum absolute atomic E-state index is 11.3. The molecule has 1 atom stereocenters. The molecule has 0 rings (SSSR count). The minimum Gasteiger partial charge on any atom is -0.759 e. The molecule has 0 aromatic heterocycles. The number of hydrogen-bond donors (Lipinski definition) is 2. The molecule has 8 heteroatoms. The van der Waals surface area contributed by atoms with Crippen molar-refractivity contribution in [1.29, 1.82) is 0 Å². The highest BCUT2D eigenvalue weighted by Crippen LogP contribution is 2.06. The van der Waals surface area contributed by atoms with E-state index in [0.29, 0.717) is 13.1 Å². The molecule has 7 nitrogen and oxygen atoms in total. The lowest BCUT2D eigenvalue weighted by molar-refractivity contribution is 0.0526.